The molecule has 0 saturated heterocycles. The minimum Gasteiger partial charge on any atom is -0.362 e. The molecule has 0 unspecified atom stereocenters. The van der Waals surface area contributed by atoms with Gasteiger partial charge in [-0.25, -0.2) is 9.29 Å². The van der Waals surface area contributed by atoms with E-state index in [-0.39, 0.29) is 5.91 Å². The molecule has 4 nitrogen and oxygen atoms in total. The highest BCUT2D eigenvalue weighted by atomic mass is 19.1. The van der Waals surface area contributed by atoms with E-state index in [1.54, 1.807) is 24.3 Å². The van der Waals surface area contributed by atoms with Gasteiger partial charge in [-0.2, -0.15) is 0 Å². The lowest BCUT2D eigenvalue weighted by Gasteiger charge is -2.25. The molecule has 0 saturated carbocycles. The monoisotopic (exact) mass is 428 g/mol. The molecule has 0 spiro atoms. The second kappa shape index (κ2) is 9.18. The van der Waals surface area contributed by atoms with Crippen LogP contribution in [0.1, 0.15) is 30.5 Å². The SMILES string of the molecule is CCc1ccc(N2C(=O)C(c3ccc(F)cc3)=C(N(CC)Cc3ccccc3)C2=O)cc1. The molecule has 0 aromatic heterocycles. The Kier molecular flexibility index (Phi) is 6.17. The van der Waals surface area contributed by atoms with Gasteiger partial charge in [0.1, 0.15) is 11.5 Å². The van der Waals surface area contributed by atoms with Crippen LogP contribution in [0.25, 0.3) is 5.57 Å². The first-order chi connectivity index (χ1) is 15.5. The molecule has 0 atom stereocenters. The molecule has 32 heavy (non-hydrogen) atoms. The van der Waals surface area contributed by atoms with Gasteiger partial charge >= 0.3 is 0 Å². The van der Waals surface area contributed by atoms with Crippen molar-refractivity contribution in [3.8, 4) is 0 Å². The van der Waals surface area contributed by atoms with Gasteiger partial charge < -0.3 is 4.90 Å². The van der Waals surface area contributed by atoms with E-state index in [2.05, 4.69) is 6.92 Å². The topological polar surface area (TPSA) is 40.6 Å². The average molecular weight is 429 g/mol. The molecule has 3 aromatic rings. The molecule has 2 amide bonds. The van der Waals surface area contributed by atoms with Gasteiger partial charge in [0.2, 0.25) is 0 Å². The van der Waals surface area contributed by atoms with Crippen molar-refractivity contribution < 1.29 is 14.0 Å². The summed E-state index contributed by atoms with van der Waals surface area (Å²) in [6.45, 7) is 5.03. The summed E-state index contributed by atoms with van der Waals surface area (Å²) in [6, 6.07) is 23.0. The third kappa shape index (κ3) is 4.06. The average Bonchev–Trinajstić information content (AvgIpc) is 3.08. The molecule has 0 aliphatic carbocycles. The molecular weight excluding hydrogens is 403 g/mol. The zero-order valence-corrected chi connectivity index (χ0v) is 18.2. The first kappa shape index (κ1) is 21.5. The predicted molar refractivity (Wildman–Crippen MR) is 124 cm³/mol. The number of amides is 2. The van der Waals surface area contributed by atoms with Gasteiger partial charge in [0.15, 0.2) is 0 Å². The fraction of sp³-hybridized carbons (Fsp3) is 0.185. The Bertz CT molecular complexity index is 1150. The van der Waals surface area contributed by atoms with Crippen LogP contribution in [0.4, 0.5) is 10.1 Å². The first-order valence-corrected chi connectivity index (χ1v) is 10.8. The number of hydrogen-bond donors (Lipinski definition) is 0. The Morgan fingerprint density at radius 1 is 0.781 bits per heavy atom. The van der Waals surface area contributed by atoms with Gasteiger partial charge in [0.25, 0.3) is 11.8 Å². The van der Waals surface area contributed by atoms with Crippen molar-refractivity contribution in [3.63, 3.8) is 0 Å². The predicted octanol–water partition coefficient (Wildman–Crippen LogP) is 5.19. The molecule has 0 N–H and O–H groups in total. The fourth-order valence-electron chi connectivity index (χ4n) is 3.96. The molecule has 5 heteroatoms. The highest BCUT2D eigenvalue weighted by Crippen LogP contribution is 2.35. The Morgan fingerprint density at radius 3 is 2.03 bits per heavy atom. The molecule has 0 fully saturated rings. The molecule has 1 heterocycles. The molecule has 1 aliphatic rings. The zero-order chi connectivity index (χ0) is 22.7. The van der Waals surface area contributed by atoms with Gasteiger partial charge in [-0.1, -0.05) is 61.5 Å². The summed E-state index contributed by atoms with van der Waals surface area (Å²) in [5.41, 5.74) is 3.85. The molecule has 4 rings (SSSR count). The van der Waals surface area contributed by atoms with Crippen molar-refractivity contribution in [2.45, 2.75) is 26.8 Å². The number of carbonyl (C=O) groups is 2. The maximum atomic E-state index is 13.6. The lowest BCUT2D eigenvalue weighted by molar-refractivity contribution is -0.120. The molecule has 162 valence electrons. The second-order valence-electron chi connectivity index (χ2n) is 7.70. The van der Waals surface area contributed by atoms with E-state index in [9.17, 15) is 14.0 Å². The van der Waals surface area contributed by atoms with E-state index in [0.29, 0.717) is 35.6 Å². The van der Waals surface area contributed by atoms with Crippen molar-refractivity contribution in [1.29, 1.82) is 0 Å². The number of rotatable bonds is 7. The molecule has 3 aromatic carbocycles. The Hall–Kier alpha value is -3.73. The Morgan fingerprint density at radius 2 is 1.44 bits per heavy atom. The second-order valence-corrected chi connectivity index (χ2v) is 7.70. The van der Waals surface area contributed by atoms with Crippen LogP contribution in [0.2, 0.25) is 0 Å². The summed E-state index contributed by atoms with van der Waals surface area (Å²) in [4.78, 5) is 30.3. The van der Waals surface area contributed by atoms with E-state index in [0.717, 1.165) is 17.5 Å². The molecular formula is C27H25FN2O2. The number of halogens is 1. The van der Waals surface area contributed by atoms with Gasteiger partial charge in [0, 0.05) is 13.1 Å². The van der Waals surface area contributed by atoms with Crippen LogP contribution in [0.15, 0.2) is 84.6 Å². The van der Waals surface area contributed by atoms with Crippen molar-refractivity contribution in [3.05, 3.63) is 107 Å². The molecule has 1 aliphatic heterocycles. The van der Waals surface area contributed by atoms with E-state index in [4.69, 9.17) is 0 Å². The lowest BCUT2D eigenvalue weighted by Crippen LogP contribution is -2.35. The normalized spacial score (nSPS) is 13.8. The third-order valence-corrected chi connectivity index (χ3v) is 5.71. The van der Waals surface area contributed by atoms with Crippen LogP contribution in [0, 0.1) is 5.82 Å². The summed E-state index contributed by atoms with van der Waals surface area (Å²) < 4.78 is 13.6. The number of anilines is 1. The number of benzene rings is 3. The summed E-state index contributed by atoms with van der Waals surface area (Å²) in [5, 5.41) is 0. The van der Waals surface area contributed by atoms with Crippen molar-refractivity contribution in [2.75, 3.05) is 11.4 Å². The van der Waals surface area contributed by atoms with E-state index in [1.807, 2.05) is 54.3 Å². The van der Waals surface area contributed by atoms with Crippen LogP contribution in [0.5, 0.6) is 0 Å². The van der Waals surface area contributed by atoms with Crippen molar-refractivity contribution in [2.24, 2.45) is 0 Å². The number of carbonyl (C=O) groups excluding carboxylic acids is 2. The van der Waals surface area contributed by atoms with Crippen LogP contribution in [-0.2, 0) is 22.6 Å². The number of likely N-dealkylation sites (N-methyl/N-ethyl adjacent to an activating group) is 1. The number of aryl methyl sites for hydroxylation is 1. The summed E-state index contributed by atoms with van der Waals surface area (Å²) in [7, 11) is 0. The smallest absolute Gasteiger partial charge is 0.282 e. The van der Waals surface area contributed by atoms with Crippen LogP contribution < -0.4 is 4.90 Å². The highest BCUT2D eigenvalue weighted by molar-refractivity contribution is 6.45. The van der Waals surface area contributed by atoms with Crippen LogP contribution >= 0.6 is 0 Å². The summed E-state index contributed by atoms with van der Waals surface area (Å²) >= 11 is 0. The van der Waals surface area contributed by atoms with E-state index in [1.165, 1.54) is 17.0 Å². The van der Waals surface area contributed by atoms with Gasteiger partial charge in [-0.3, -0.25) is 9.59 Å². The van der Waals surface area contributed by atoms with Crippen molar-refractivity contribution in [1.82, 2.24) is 4.90 Å². The van der Waals surface area contributed by atoms with Gasteiger partial charge in [-0.15, -0.1) is 0 Å². The van der Waals surface area contributed by atoms with Crippen LogP contribution in [-0.4, -0.2) is 23.3 Å². The maximum Gasteiger partial charge on any atom is 0.282 e. The first-order valence-electron chi connectivity index (χ1n) is 10.8. The Balaban J connectivity index is 1.80. The summed E-state index contributed by atoms with van der Waals surface area (Å²) in [6.07, 6.45) is 0.868. The summed E-state index contributed by atoms with van der Waals surface area (Å²) in [5.74, 6) is -1.15. The number of imide groups is 1. The number of nitrogens with zero attached hydrogens (tertiary/aromatic N) is 2. The quantitative estimate of drug-likeness (QED) is 0.486. The third-order valence-electron chi connectivity index (χ3n) is 5.71. The molecule has 0 radical (unpaired) electrons. The zero-order valence-electron chi connectivity index (χ0n) is 18.2. The highest BCUT2D eigenvalue weighted by Gasteiger charge is 2.42. The van der Waals surface area contributed by atoms with Gasteiger partial charge in [0.05, 0.1) is 11.3 Å². The standard InChI is InChI=1S/C27H25FN2O2/c1-3-19-10-16-23(17-11-19)30-26(31)24(21-12-14-22(28)15-13-21)25(27(30)32)29(4-2)18-20-8-6-5-7-9-20/h5-17H,3-4,18H2,1-2H3. The largest absolute Gasteiger partial charge is 0.362 e. The maximum absolute atomic E-state index is 13.6. The number of hydrogen-bond acceptors (Lipinski definition) is 3. The molecule has 0 bridgehead atoms. The Labute approximate surface area is 187 Å². The van der Waals surface area contributed by atoms with Crippen LogP contribution in [0.3, 0.4) is 0 Å². The van der Waals surface area contributed by atoms with Gasteiger partial charge in [-0.05, 0) is 54.3 Å². The van der Waals surface area contributed by atoms with E-state index < -0.39 is 11.7 Å². The van der Waals surface area contributed by atoms with Crippen molar-refractivity contribution >= 4 is 23.1 Å². The van der Waals surface area contributed by atoms with E-state index >= 15 is 0 Å². The lowest BCUT2D eigenvalue weighted by atomic mass is 10.0. The minimum atomic E-state index is -0.396. The minimum absolute atomic E-state index is 0.298. The fourth-order valence-corrected chi connectivity index (χ4v) is 3.96.